The molecular formula is C11H16N2Se. The molecule has 0 aliphatic rings. The second-order valence-electron chi connectivity index (χ2n) is 3.52. The summed E-state index contributed by atoms with van der Waals surface area (Å²) in [4.78, 5) is 4.26. The molecule has 1 aromatic carbocycles. The first kappa shape index (κ1) is 11.3. The zero-order chi connectivity index (χ0) is 10.6. The number of rotatable bonds is 4. The van der Waals surface area contributed by atoms with Crippen molar-refractivity contribution in [3.8, 4) is 0 Å². The van der Waals surface area contributed by atoms with Gasteiger partial charge in [-0.25, -0.2) is 0 Å². The van der Waals surface area contributed by atoms with Crippen molar-refractivity contribution >= 4 is 20.2 Å². The van der Waals surface area contributed by atoms with Crippen molar-refractivity contribution in [3.05, 3.63) is 35.9 Å². The molecule has 0 heterocycles. The number of benzene rings is 1. The van der Waals surface area contributed by atoms with Gasteiger partial charge in [0.15, 0.2) is 0 Å². The Bertz CT molecular complexity index is 295. The quantitative estimate of drug-likeness (QED) is 0.739. The topological polar surface area (TPSA) is 6.48 Å². The average Bonchev–Trinajstić information content (AvgIpc) is 2.18. The summed E-state index contributed by atoms with van der Waals surface area (Å²) in [6.45, 7) is 0.932. The van der Waals surface area contributed by atoms with Crippen molar-refractivity contribution in [1.29, 1.82) is 0 Å². The van der Waals surface area contributed by atoms with Crippen LogP contribution in [0.4, 0.5) is 0 Å². The number of hydrogen-bond acceptors (Lipinski definition) is 2. The first-order chi connectivity index (χ1) is 6.61. The van der Waals surface area contributed by atoms with Gasteiger partial charge in [0, 0.05) is 0 Å². The van der Waals surface area contributed by atoms with Crippen LogP contribution in [0.3, 0.4) is 0 Å². The fraction of sp³-hybridized carbons (Fsp3) is 0.364. The molecule has 0 N–H and O–H groups in total. The van der Waals surface area contributed by atoms with Crippen molar-refractivity contribution in [2.45, 2.75) is 6.54 Å². The van der Waals surface area contributed by atoms with E-state index in [1.165, 1.54) is 5.56 Å². The van der Waals surface area contributed by atoms with Gasteiger partial charge in [0.1, 0.15) is 0 Å². The Kier molecular flexibility index (Phi) is 4.18. The molecule has 0 aromatic heterocycles. The maximum atomic E-state index is 3.07. The molecule has 0 amide bonds. The molecule has 76 valence electrons. The fourth-order valence-electron chi connectivity index (χ4n) is 1.27. The van der Waals surface area contributed by atoms with Gasteiger partial charge in [-0.15, -0.1) is 0 Å². The van der Waals surface area contributed by atoms with Crippen LogP contribution in [0.5, 0.6) is 0 Å². The molecule has 0 unspecified atom stereocenters. The normalized spacial score (nSPS) is 9.64. The molecule has 0 spiro atoms. The Hall–Kier alpha value is -0.791. The van der Waals surface area contributed by atoms with Crippen LogP contribution in [0.15, 0.2) is 30.3 Å². The predicted octanol–water partition coefficient (Wildman–Crippen LogP) is 0.936. The van der Waals surface area contributed by atoms with Gasteiger partial charge >= 0.3 is 93.6 Å². The minimum atomic E-state index is 0.932. The first-order valence-electron chi connectivity index (χ1n) is 4.57. The zero-order valence-corrected chi connectivity index (χ0v) is 10.6. The second kappa shape index (κ2) is 5.18. The van der Waals surface area contributed by atoms with Crippen molar-refractivity contribution in [2.24, 2.45) is 0 Å². The van der Waals surface area contributed by atoms with Crippen LogP contribution in [0.2, 0.25) is 0 Å². The van der Waals surface area contributed by atoms with E-state index in [-0.39, 0.29) is 0 Å². The van der Waals surface area contributed by atoms with Gasteiger partial charge in [0.2, 0.25) is 0 Å². The molecule has 3 heteroatoms. The van der Waals surface area contributed by atoms with Crippen molar-refractivity contribution in [3.63, 3.8) is 0 Å². The Labute approximate surface area is 93.9 Å². The van der Waals surface area contributed by atoms with Crippen LogP contribution in [-0.2, 0) is 6.54 Å². The van der Waals surface area contributed by atoms with Gasteiger partial charge in [-0.05, 0) is 0 Å². The molecule has 0 fully saturated rings. The van der Waals surface area contributed by atoms with Crippen molar-refractivity contribution < 1.29 is 0 Å². The molecule has 0 aliphatic heterocycles. The van der Waals surface area contributed by atoms with Crippen LogP contribution in [0.25, 0.3) is 0 Å². The van der Waals surface area contributed by atoms with Gasteiger partial charge in [-0.2, -0.15) is 0 Å². The van der Waals surface area contributed by atoms with Gasteiger partial charge in [-0.1, -0.05) is 0 Å². The molecule has 1 aromatic rings. The SMILES string of the molecule is CN(C)C(=[Se])N(C)Cc1ccccc1. The summed E-state index contributed by atoms with van der Waals surface area (Å²) >= 11 is 3.07. The summed E-state index contributed by atoms with van der Waals surface area (Å²) in [5, 5.41) is 0. The molecule has 1 rings (SSSR count). The van der Waals surface area contributed by atoms with E-state index in [1.807, 2.05) is 20.2 Å². The maximum absolute atomic E-state index is 3.07. The van der Waals surface area contributed by atoms with E-state index in [2.05, 4.69) is 56.7 Å². The second-order valence-corrected chi connectivity index (χ2v) is 4.28. The van der Waals surface area contributed by atoms with E-state index in [4.69, 9.17) is 0 Å². The third-order valence-electron chi connectivity index (χ3n) is 1.97. The standard InChI is InChI=1S/C11H16N2Se/c1-12(2)11(14)13(3)9-10-7-5-4-6-8-10/h4-8H,9H2,1-3H3. The summed E-state index contributed by atoms with van der Waals surface area (Å²) in [7, 11) is 6.15. The molecule has 14 heavy (non-hydrogen) atoms. The van der Waals surface area contributed by atoms with E-state index >= 15 is 0 Å². The molecule has 0 aliphatic carbocycles. The molecule has 2 nitrogen and oxygen atoms in total. The van der Waals surface area contributed by atoms with Crippen LogP contribution in [0, 0.1) is 0 Å². The molecule has 0 saturated carbocycles. The fourth-order valence-corrected chi connectivity index (χ4v) is 1.40. The number of hydrogen-bond donors (Lipinski definition) is 0. The summed E-state index contributed by atoms with van der Waals surface area (Å²) in [5.41, 5.74) is 1.32. The first-order valence-corrected chi connectivity index (χ1v) is 5.43. The van der Waals surface area contributed by atoms with Gasteiger partial charge in [0.05, 0.1) is 0 Å². The molecular weight excluding hydrogens is 239 g/mol. The molecule has 0 radical (unpaired) electrons. The van der Waals surface area contributed by atoms with Gasteiger partial charge in [0.25, 0.3) is 0 Å². The molecule has 0 bridgehead atoms. The van der Waals surface area contributed by atoms with E-state index < -0.39 is 0 Å². The molecule has 0 saturated heterocycles. The van der Waals surface area contributed by atoms with Crippen molar-refractivity contribution in [1.82, 2.24) is 9.80 Å². The minimum absolute atomic E-state index is 0.932. The van der Waals surface area contributed by atoms with E-state index in [0.717, 1.165) is 11.2 Å². The third-order valence-corrected chi connectivity index (χ3v) is 3.39. The Morgan fingerprint density at radius 1 is 1.14 bits per heavy atom. The Morgan fingerprint density at radius 3 is 2.21 bits per heavy atom. The summed E-state index contributed by atoms with van der Waals surface area (Å²) in [6.07, 6.45) is 0. The van der Waals surface area contributed by atoms with E-state index in [0.29, 0.717) is 0 Å². The van der Waals surface area contributed by atoms with E-state index in [9.17, 15) is 0 Å². The summed E-state index contributed by atoms with van der Waals surface area (Å²) in [6, 6.07) is 10.5. The third kappa shape index (κ3) is 3.17. The Morgan fingerprint density at radius 2 is 1.71 bits per heavy atom. The average molecular weight is 255 g/mol. The van der Waals surface area contributed by atoms with Gasteiger partial charge in [-0.3, -0.25) is 0 Å². The zero-order valence-electron chi connectivity index (χ0n) is 8.90. The van der Waals surface area contributed by atoms with Crippen LogP contribution in [0.1, 0.15) is 5.56 Å². The van der Waals surface area contributed by atoms with Crippen molar-refractivity contribution in [2.75, 3.05) is 21.1 Å². The van der Waals surface area contributed by atoms with Crippen LogP contribution >= 0.6 is 0 Å². The van der Waals surface area contributed by atoms with Crippen LogP contribution in [-0.4, -0.2) is 51.2 Å². The molecule has 0 atom stereocenters. The van der Waals surface area contributed by atoms with Crippen LogP contribution < -0.4 is 0 Å². The number of nitrogens with zero attached hydrogens (tertiary/aromatic N) is 2. The summed E-state index contributed by atoms with van der Waals surface area (Å²) < 4.78 is 1.15. The predicted molar refractivity (Wildman–Crippen MR) is 62.4 cm³/mol. The summed E-state index contributed by atoms with van der Waals surface area (Å²) in [5.74, 6) is 0. The van der Waals surface area contributed by atoms with E-state index in [1.54, 1.807) is 0 Å². The van der Waals surface area contributed by atoms with Gasteiger partial charge < -0.3 is 0 Å². The monoisotopic (exact) mass is 256 g/mol. The Balaban J connectivity index is 2.57.